The third-order valence-corrected chi connectivity index (χ3v) is 3.99. The van der Waals surface area contributed by atoms with E-state index < -0.39 is 84.1 Å². The summed E-state index contributed by atoms with van der Waals surface area (Å²) in [6, 6.07) is 0. The monoisotopic (exact) mass is 562 g/mol. The minimum Gasteiger partial charge on any atom is -0.478 e. The molecular formula is C14H7F17O4. The lowest BCUT2D eigenvalue weighted by atomic mass is 9.86. The molecule has 4 nitrogen and oxygen atoms in total. The predicted molar refractivity (Wildman–Crippen MR) is 73.3 cm³/mol. The Balaban J connectivity index is 6.85. The zero-order valence-electron chi connectivity index (χ0n) is 15.6. The normalized spacial score (nSPS) is 15.9. The van der Waals surface area contributed by atoms with Crippen LogP contribution in [0.1, 0.15) is 12.8 Å². The van der Waals surface area contributed by atoms with Gasteiger partial charge >= 0.3 is 59.6 Å². The SMILES string of the molecule is O=C(O)/C=C(/C(=O)O)C(F)(F)C(F)(F)C(F)(F)C(F)(F)C(F)(F)C(F)(F)C(F)(F)CCC(F)(F)F. The van der Waals surface area contributed by atoms with Crippen LogP contribution in [0.25, 0.3) is 0 Å². The van der Waals surface area contributed by atoms with Crippen LogP contribution in [0.3, 0.4) is 0 Å². The number of hydrogen-bond acceptors (Lipinski definition) is 2. The molecule has 0 radical (unpaired) electrons. The summed E-state index contributed by atoms with van der Waals surface area (Å²) >= 11 is 0. The average molecular weight is 562 g/mol. The van der Waals surface area contributed by atoms with Crippen molar-refractivity contribution < 1.29 is 94.4 Å². The Labute approximate surface area is 180 Å². The van der Waals surface area contributed by atoms with Crippen molar-refractivity contribution in [1.29, 1.82) is 0 Å². The molecule has 0 aromatic rings. The van der Waals surface area contributed by atoms with Gasteiger partial charge in [0, 0.05) is 18.9 Å². The molecule has 0 aliphatic rings. The molecule has 0 saturated heterocycles. The highest BCUT2D eigenvalue weighted by Gasteiger charge is 2.93. The van der Waals surface area contributed by atoms with Gasteiger partial charge in [-0.25, -0.2) is 9.59 Å². The molecule has 206 valence electrons. The van der Waals surface area contributed by atoms with Gasteiger partial charge in [-0.2, -0.15) is 74.6 Å². The van der Waals surface area contributed by atoms with Crippen molar-refractivity contribution in [2.45, 2.75) is 60.5 Å². The molecule has 2 N–H and O–H groups in total. The Morgan fingerprint density at radius 2 is 0.886 bits per heavy atom. The lowest BCUT2D eigenvalue weighted by Gasteiger charge is -2.42. The van der Waals surface area contributed by atoms with Crippen LogP contribution >= 0.6 is 0 Å². The number of carbonyl (C=O) groups is 2. The van der Waals surface area contributed by atoms with Crippen LogP contribution in [0.2, 0.25) is 0 Å². The maximum atomic E-state index is 13.7. The summed E-state index contributed by atoms with van der Waals surface area (Å²) in [4.78, 5) is 20.7. The molecule has 0 spiro atoms. The summed E-state index contributed by atoms with van der Waals surface area (Å²) < 4.78 is 225. The number of rotatable bonds is 11. The minimum atomic E-state index is -8.66. The molecule has 0 unspecified atom stereocenters. The van der Waals surface area contributed by atoms with Gasteiger partial charge in [0.2, 0.25) is 0 Å². The van der Waals surface area contributed by atoms with Gasteiger partial charge in [0.25, 0.3) is 0 Å². The number of carboxylic acids is 2. The summed E-state index contributed by atoms with van der Waals surface area (Å²) in [6.45, 7) is 0. The van der Waals surface area contributed by atoms with Crippen molar-refractivity contribution in [1.82, 2.24) is 0 Å². The molecule has 0 aromatic heterocycles. The first-order valence-electron chi connectivity index (χ1n) is 7.85. The van der Waals surface area contributed by atoms with Crippen molar-refractivity contribution >= 4 is 11.9 Å². The molecule has 0 bridgehead atoms. The third-order valence-electron chi connectivity index (χ3n) is 3.99. The largest absolute Gasteiger partial charge is 0.478 e. The zero-order chi connectivity index (χ0) is 28.9. The summed E-state index contributed by atoms with van der Waals surface area (Å²) in [5.74, 6) is -62.8. The minimum absolute atomic E-state index is 1.50. The second-order valence-corrected chi connectivity index (χ2v) is 6.47. The fraction of sp³-hybridized carbons (Fsp3) is 0.714. The van der Waals surface area contributed by atoms with Crippen LogP contribution in [0, 0.1) is 0 Å². The van der Waals surface area contributed by atoms with E-state index in [4.69, 9.17) is 10.2 Å². The number of hydrogen-bond donors (Lipinski definition) is 2. The molecule has 21 heteroatoms. The summed E-state index contributed by atoms with van der Waals surface area (Å²) in [7, 11) is 0. The third kappa shape index (κ3) is 5.21. The van der Waals surface area contributed by atoms with Crippen LogP contribution in [-0.4, -0.2) is 69.8 Å². The molecule has 0 aliphatic carbocycles. The smallest absolute Gasteiger partial charge is 0.389 e. The number of alkyl halides is 17. The fourth-order valence-electron chi connectivity index (χ4n) is 2.05. The second kappa shape index (κ2) is 8.86. The fourth-order valence-corrected chi connectivity index (χ4v) is 2.05. The zero-order valence-corrected chi connectivity index (χ0v) is 15.6. The van der Waals surface area contributed by atoms with Crippen LogP contribution in [-0.2, 0) is 9.59 Å². The predicted octanol–water partition coefficient (Wildman–Crippen LogP) is 5.87. The van der Waals surface area contributed by atoms with E-state index in [1.807, 2.05) is 0 Å². The van der Waals surface area contributed by atoms with E-state index in [0.29, 0.717) is 0 Å². The van der Waals surface area contributed by atoms with E-state index >= 15 is 0 Å². The Bertz CT molecular complexity index is 855. The molecule has 35 heavy (non-hydrogen) atoms. The molecule has 0 rings (SSSR count). The van der Waals surface area contributed by atoms with Crippen molar-refractivity contribution in [3.05, 3.63) is 11.6 Å². The van der Waals surface area contributed by atoms with Crippen LogP contribution in [0.15, 0.2) is 11.6 Å². The molecule has 0 heterocycles. The van der Waals surface area contributed by atoms with E-state index in [0.717, 1.165) is 0 Å². The highest BCUT2D eigenvalue weighted by molar-refractivity contribution is 5.96. The van der Waals surface area contributed by atoms with E-state index in [1.165, 1.54) is 0 Å². The maximum Gasteiger partial charge on any atom is 0.389 e. The molecule has 0 fully saturated rings. The topological polar surface area (TPSA) is 74.6 Å². The maximum absolute atomic E-state index is 13.7. The second-order valence-electron chi connectivity index (χ2n) is 6.47. The Morgan fingerprint density at radius 3 is 1.20 bits per heavy atom. The van der Waals surface area contributed by atoms with Gasteiger partial charge in [0.05, 0.1) is 0 Å². The van der Waals surface area contributed by atoms with E-state index in [2.05, 4.69) is 0 Å². The van der Waals surface area contributed by atoms with E-state index in [1.54, 1.807) is 0 Å². The van der Waals surface area contributed by atoms with Gasteiger partial charge < -0.3 is 10.2 Å². The van der Waals surface area contributed by atoms with Crippen molar-refractivity contribution in [2.75, 3.05) is 0 Å². The highest BCUT2D eigenvalue weighted by Crippen LogP contribution is 2.63. The Morgan fingerprint density at radius 1 is 0.543 bits per heavy atom. The van der Waals surface area contributed by atoms with Gasteiger partial charge in [-0.15, -0.1) is 0 Å². The molecule has 0 saturated carbocycles. The first-order chi connectivity index (χ1) is 15.0. The summed E-state index contributed by atoms with van der Waals surface area (Å²) in [5.41, 5.74) is -3.67. The first-order valence-corrected chi connectivity index (χ1v) is 7.85. The molecule has 0 atom stereocenters. The average Bonchev–Trinajstić information content (AvgIpc) is 2.62. The molecule has 0 amide bonds. The number of carboxylic acid groups (broad SMARTS) is 2. The van der Waals surface area contributed by atoms with Crippen LogP contribution in [0.5, 0.6) is 0 Å². The van der Waals surface area contributed by atoms with Crippen molar-refractivity contribution in [3.63, 3.8) is 0 Å². The molecule has 0 aromatic carbocycles. The Kier molecular flexibility index (Phi) is 8.22. The summed E-state index contributed by atoms with van der Waals surface area (Å²) in [5, 5.41) is 16.4. The van der Waals surface area contributed by atoms with Gasteiger partial charge in [0.15, 0.2) is 0 Å². The van der Waals surface area contributed by atoms with Crippen LogP contribution in [0.4, 0.5) is 74.6 Å². The first kappa shape index (κ1) is 32.5. The number of halogens is 17. The van der Waals surface area contributed by atoms with Crippen molar-refractivity contribution in [2.24, 2.45) is 0 Å². The summed E-state index contributed by atoms with van der Waals surface area (Å²) in [6.07, 6.45) is -14.0. The molecular weight excluding hydrogens is 555 g/mol. The lowest BCUT2D eigenvalue weighted by Crippen LogP contribution is -2.73. The Hall–Kier alpha value is -2.51. The standard InChI is InChI=1S/C14H7F17O4/c15-7(16,1-2-8(17,18)19)10(22,23)12(26,27)14(30,31)13(28,29)11(24,25)9(20,21)4(6(34)35)3-5(32)33/h3H,1-2H2,(H,32,33)(H,34,35)/b4-3-. The van der Waals surface area contributed by atoms with Gasteiger partial charge in [0.1, 0.15) is 5.57 Å². The van der Waals surface area contributed by atoms with E-state index in [9.17, 15) is 84.2 Å². The van der Waals surface area contributed by atoms with Gasteiger partial charge in [-0.3, -0.25) is 0 Å². The molecule has 0 aliphatic heterocycles. The van der Waals surface area contributed by atoms with E-state index in [-0.39, 0.29) is 0 Å². The quantitative estimate of drug-likeness (QED) is 0.244. The van der Waals surface area contributed by atoms with Crippen LogP contribution < -0.4 is 0 Å². The number of aliphatic carboxylic acids is 2. The van der Waals surface area contributed by atoms with Gasteiger partial charge in [-0.05, 0) is 0 Å². The van der Waals surface area contributed by atoms with Gasteiger partial charge in [-0.1, -0.05) is 0 Å². The van der Waals surface area contributed by atoms with Crippen molar-refractivity contribution in [3.8, 4) is 0 Å². The highest BCUT2D eigenvalue weighted by atomic mass is 19.4. The lowest BCUT2D eigenvalue weighted by molar-refractivity contribution is -0.439.